The maximum absolute atomic E-state index is 12.1. The van der Waals surface area contributed by atoms with E-state index in [-0.39, 0.29) is 6.61 Å². The molecule has 0 radical (unpaired) electrons. The van der Waals surface area contributed by atoms with Crippen LogP contribution >= 0.6 is 11.6 Å². The predicted molar refractivity (Wildman–Crippen MR) is 129 cm³/mol. The lowest BCUT2D eigenvalue weighted by Crippen LogP contribution is -2.55. The summed E-state index contributed by atoms with van der Waals surface area (Å²) in [6.07, 6.45) is -3.65. The summed E-state index contributed by atoms with van der Waals surface area (Å²) < 4.78 is 24.0. The lowest BCUT2D eigenvalue weighted by Gasteiger charge is -2.41. The molecule has 0 bridgehead atoms. The molecule has 2 heterocycles. The van der Waals surface area contributed by atoms with Crippen molar-refractivity contribution in [2.45, 2.75) is 51.4 Å². The van der Waals surface area contributed by atoms with Gasteiger partial charge in [0.25, 0.3) is 0 Å². The second kappa shape index (κ2) is 10.7. The van der Waals surface area contributed by atoms with Crippen molar-refractivity contribution in [3.63, 3.8) is 0 Å². The summed E-state index contributed by atoms with van der Waals surface area (Å²) in [5, 5.41) is 12.2. The summed E-state index contributed by atoms with van der Waals surface area (Å²) in [4.78, 5) is 35.7. The highest BCUT2D eigenvalue weighted by Gasteiger charge is 2.48. The molecule has 10 heteroatoms. The summed E-state index contributed by atoms with van der Waals surface area (Å²) in [6.45, 7) is 3.49. The predicted octanol–water partition coefficient (Wildman–Crippen LogP) is 3.70. The fourth-order valence-electron chi connectivity index (χ4n) is 4.49. The number of para-hydroxylation sites is 1. The standard InChI is InChI=1S/C26H26ClNO8/c1-14(29)34-21-13-33-26(25(36-16(3)31)24(21)35-15(2)30)28-12-19(18-10-7-11-20(27)22(18)28)23(32)17-8-5-4-6-9-17/h4-12,21,23-26,32H,13H2,1-3H3/t21-,23?,24+,25-,26-/m1/s1. The van der Waals surface area contributed by atoms with Crippen LogP contribution in [0, 0.1) is 0 Å². The lowest BCUT2D eigenvalue weighted by molar-refractivity contribution is -0.239. The Morgan fingerprint density at radius 3 is 2.22 bits per heavy atom. The maximum Gasteiger partial charge on any atom is 0.303 e. The molecule has 0 saturated carbocycles. The third-order valence-corrected chi connectivity index (χ3v) is 6.15. The summed E-state index contributed by atoms with van der Waals surface area (Å²) in [5.41, 5.74) is 1.75. The number of carbonyl (C=O) groups is 3. The fourth-order valence-corrected chi connectivity index (χ4v) is 4.76. The average Bonchev–Trinajstić information content (AvgIpc) is 3.21. The molecule has 1 fully saturated rings. The van der Waals surface area contributed by atoms with Gasteiger partial charge in [0.15, 0.2) is 24.5 Å². The minimum atomic E-state index is -1.18. The summed E-state index contributed by atoms with van der Waals surface area (Å²) in [5.74, 6) is -1.91. The molecule has 1 unspecified atom stereocenters. The molecule has 36 heavy (non-hydrogen) atoms. The number of nitrogens with zero attached hydrogens (tertiary/aromatic N) is 1. The summed E-state index contributed by atoms with van der Waals surface area (Å²) in [6, 6.07) is 14.4. The number of rotatable bonds is 6. The van der Waals surface area contributed by atoms with Gasteiger partial charge in [0.2, 0.25) is 0 Å². The van der Waals surface area contributed by atoms with E-state index in [0.717, 1.165) is 0 Å². The molecule has 3 aromatic rings. The summed E-state index contributed by atoms with van der Waals surface area (Å²) >= 11 is 6.60. The van der Waals surface area contributed by atoms with Crippen LogP contribution in [-0.2, 0) is 33.3 Å². The Morgan fingerprint density at radius 2 is 1.58 bits per heavy atom. The molecule has 1 aromatic heterocycles. The van der Waals surface area contributed by atoms with Gasteiger partial charge in [-0.25, -0.2) is 0 Å². The van der Waals surface area contributed by atoms with Crippen LogP contribution in [0.3, 0.4) is 0 Å². The van der Waals surface area contributed by atoms with Crippen molar-refractivity contribution in [3.05, 3.63) is 70.9 Å². The van der Waals surface area contributed by atoms with Gasteiger partial charge in [-0.1, -0.05) is 54.1 Å². The Balaban J connectivity index is 1.85. The zero-order chi connectivity index (χ0) is 26.0. The fraction of sp³-hybridized carbons (Fsp3) is 0.346. The van der Waals surface area contributed by atoms with Crippen molar-refractivity contribution in [3.8, 4) is 0 Å². The number of halogens is 1. The largest absolute Gasteiger partial charge is 0.456 e. The van der Waals surface area contributed by atoms with Crippen LogP contribution in [0.5, 0.6) is 0 Å². The smallest absolute Gasteiger partial charge is 0.303 e. The van der Waals surface area contributed by atoms with Gasteiger partial charge in [-0.15, -0.1) is 0 Å². The van der Waals surface area contributed by atoms with E-state index < -0.39 is 48.6 Å². The number of aliphatic hydroxyl groups is 1. The molecule has 1 N–H and O–H groups in total. The number of carbonyl (C=O) groups excluding carboxylic acids is 3. The number of benzene rings is 2. The van der Waals surface area contributed by atoms with Gasteiger partial charge in [-0.3, -0.25) is 14.4 Å². The van der Waals surface area contributed by atoms with Crippen molar-refractivity contribution in [2.24, 2.45) is 0 Å². The van der Waals surface area contributed by atoms with Crippen LogP contribution in [-0.4, -0.2) is 52.5 Å². The quantitative estimate of drug-likeness (QED) is 0.390. The van der Waals surface area contributed by atoms with Gasteiger partial charge >= 0.3 is 17.9 Å². The first-order valence-corrected chi connectivity index (χ1v) is 11.7. The molecule has 0 aliphatic carbocycles. The zero-order valence-corrected chi connectivity index (χ0v) is 20.7. The van der Waals surface area contributed by atoms with E-state index >= 15 is 0 Å². The first-order chi connectivity index (χ1) is 17.2. The molecule has 190 valence electrons. The Morgan fingerprint density at radius 1 is 0.944 bits per heavy atom. The normalized spacial score (nSPS) is 22.6. The number of hydrogen-bond acceptors (Lipinski definition) is 8. The molecule has 1 saturated heterocycles. The van der Waals surface area contributed by atoms with Crippen molar-refractivity contribution in [2.75, 3.05) is 6.61 Å². The number of hydrogen-bond donors (Lipinski definition) is 1. The van der Waals surface area contributed by atoms with E-state index in [1.807, 2.05) is 24.3 Å². The van der Waals surface area contributed by atoms with E-state index in [4.69, 9.17) is 30.5 Å². The third kappa shape index (κ3) is 5.23. The van der Waals surface area contributed by atoms with Crippen molar-refractivity contribution in [1.82, 2.24) is 4.57 Å². The van der Waals surface area contributed by atoms with Gasteiger partial charge in [0.05, 0.1) is 17.1 Å². The van der Waals surface area contributed by atoms with E-state index in [1.54, 1.807) is 35.0 Å². The topological polar surface area (TPSA) is 113 Å². The van der Waals surface area contributed by atoms with Gasteiger partial charge in [0, 0.05) is 37.9 Å². The molecule has 0 amide bonds. The Labute approximate surface area is 212 Å². The van der Waals surface area contributed by atoms with Crippen LogP contribution in [0.1, 0.15) is 44.2 Å². The number of fused-ring (bicyclic) bond motifs is 1. The van der Waals surface area contributed by atoms with E-state index in [0.29, 0.717) is 27.1 Å². The first-order valence-electron chi connectivity index (χ1n) is 11.3. The number of aliphatic hydroxyl groups excluding tert-OH is 1. The molecule has 1 aliphatic heterocycles. The van der Waals surface area contributed by atoms with Crippen LogP contribution in [0.25, 0.3) is 10.9 Å². The van der Waals surface area contributed by atoms with Gasteiger partial charge in [-0.2, -0.15) is 0 Å². The maximum atomic E-state index is 12.1. The molecule has 0 spiro atoms. The van der Waals surface area contributed by atoms with Crippen LogP contribution in [0.2, 0.25) is 5.02 Å². The Hall–Kier alpha value is -3.40. The summed E-state index contributed by atoms with van der Waals surface area (Å²) in [7, 11) is 0. The second-order valence-electron chi connectivity index (χ2n) is 8.46. The van der Waals surface area contributed by atoms with Gasteiger partial charge < -0.3 is 28.6 Å². The monoisotopic (exact) mass is 515 g/mol. The second-order valence-corrected chi connectivity index (χ2v) is 8.87. The highest BCUT2D eigenvalue weighted by molar-refractivity contribution is 6.35. The molecular weight excluding hydrogens is 490 g/mol. The molecule has 4 rings (SSSR count). The molecular formula is C26H26ClNO8. The first kappa shape index (κ1) is 25.7. The van der Waals surface area contributed by atoms with Gasteiger partial charge in [0.1, 0.15) is 6.10 Å². The van der Waals surface area contributed by atoms with Crippen molar-refractivity contribution >= 4 is 40.4 Å². The number of aromatic nitrogens is 1. The highest BCUT2D eigenvalue weighted by atomic mass is 35.5. The minimum Gasteiger partial charge on any atom is -0.456 e. The highest BCUT2D eigenvalue weighted by Crippen LogP contribution is 2.39. The van der Waals surface area contributed by atoms with Crippen LogP contribution < -0.4 is 0 Å². The van der Waals surface area contributed by atoms with Crippen LogP contribution in [0.15, 0.2) is 54.7 Å². The number of ether oxygens (including phenoxy) is 4. The minimum absolute atomic E-state index is 0.138. The SMILES string of the molecule is CC(=O)O[C@@H]1[C@@H](OC(C)=O)[C@H](OC(C)=O)CO[C@H]1n1cc(C(O)c2ccccc2)c2cccc(Cl)c21. The van der Waals surface area contributed by atoms with E-state index in [2.05, 4.69) is 0 Å². The zero-order valence-electron chi connectivity index (χ0n) is 19.9. The number of esters is 3. The van der Waals surface area contributed by atoms with E-state index in [1.165, 1.54) is 20.8 Å². The Bertz CT molecular complexity index is 1270. The van der Waals surface area contributed by atoms with Crippen molar-refractivity contribution in [1.29, 1.82) is 0 Å². The molecule has 1 aliphatic rings. The van der Waals surface area contributed by atoms with Crippen LogP contribution in [0.4, 0.5) is 0 Å². The average molecular weight is 516 g/mol. The Kier molecular flexibility index (Phi) is 7.63. The lowest BCUT2D eigenvalue weighted by atomic mass is 10.0. The molecule has 5 atom stereocenters. The van der Waals surface area contributed by atoms with Crippen molar-refractivity contribution < 1.29 is 38.4 Å². The van der Waals surface area contributed by atoms with E-state index in [9.17, 15) is 19.5 Å². The molecule has 2 aromatic carbocycles. The molecule has 9 nitrogen and oxygen atoms in total. The third-order valence-electron chi connectivity index (χ3n) is 5.84. The van der Waals surface area contributed by atoms with Gasteiger partial charge in [-0.05, 0) is 11.6 Å².